The van der Waals surface area contributed by atoms with Crippen molar-refractivity contribution in [2.75, 3.05) is 11.9 Å². The van der Waals surface area contributed by atoms with Crippen LogP contribution in [0.15, 0.2) is 42.5 Å². The first-order chi connectivity index (χ1) is 13.1. The average molecular weight is 410 g/mol. The molecule has 2 rings (SSSR count). The van der Waals surface area contributed by atoms with E-state index in [4.69, 9.17) is 17.0 Å². The van der Waals surface area contributed by atoms with Crippen LogP contribution in [0.3, 0.4) is 0 Å². The quantitative estimate of drug-likeness (QED) is 0.679. The summed E-state index contributed by atoms with van der Waals surface area (Å²) in [5, 5.41) is 4.82. The molecule has 0 aliphatic carbocycles. The normalized spacial score (nSPS) is 11.2. The van der Waals surface area contributed by atoms with Crippen molar-refractivity contribution in [3.05, 3.63) is 59.2 Å². The maximum absolute atomic E-state index is 12.7. The number of benzene rings is 2. The largest absolute Gasteiger partial charge is 0.484 e. The zero-order valence-corrected chi connectivity index (χ0v) is 16.5. The molecule has 150 valence electrons. The Hall–Kier alpha value is -2.61. The Kier molecular flexibility index (Phi) is 7.01. The fraction of sp³-hybridized carbons (Fsp3) is 0.300. The Bertz CT molecular complexity index is 867. The average Bonchev–Trinajstić information content (AvgIpc) is 2.59. The van der Waals surface area contributed by atoms with E-state index in [1.807, 2.05) is 19.1 Å². The molecule has 0 bridgehead atoms. The summed E-state index contributed by atoms with van der Waals surface area (Å²) in [6, 6.07) is 10.1. The maximum atomic E-state index is 12.7. The van der Waals surface area contributed by atoms with E-state index in [9.17, 15) is 18.0 Å². The zero-order valence-electron chi connectivity index (χ0n) is 15.7. The molecule has 0 radical (unpaired) electrons. The first-order valence-electron chi connectivity index (χ1n) is 8.57. The second-order valence-corrected chi connectivity index (χ2v) is 6.95. The molecular formula is C20H21F3N2O2S. The molecule has 0 saturated heterocycles. The second kappa shape index (κ2) is 9.05. The standard InChI is InChI=1S/C20H21F3N2O2S/c1-12(2)17-8-7-16(9-13(17)3)27-11-18(26)25-19(28)24-15-6-4-5-14(10-15)20(21,22)23/h4-10,12H,11H2,1-3H3,(H2,24,25,26,28). The number of ether oxygens (including phenoxy) is 1. The van der Waals surface area contributed by atoms with Crippen LogP contribution in [-0.2, 0) is 11.0 Å². The Morgan fingerprint density at radius 3 is 2.50 bits per heavy atom. The van der Waals surface area contributed by atoms with Crippen molar-refractivity contribution < 1.29 is 22.7 Å². The van der Waals surface area contributed by atoms with Crippen molar-refractivity contribution in [1.29, 1.82) is 0 Å². The summed E-state index contributed by atoms with van der Waals surface area (Å²) in [6.45, 7) is 5.88. The lowest BCUT2D eigenvalue weighted by atomic mass is 9.98. The van der Waals surface area contributed by atoms with Gasteiger partial charge in [-0.25, -0.2) is 0 Å². The van der Waals surface area contributed by atoms with Gasteiger partial charge >= 0.3 is 6.18 Å². The van der Waals surface area contributed by atoms with Gasteiger partial charge in [0.05, 0.1) is 5.56 Å². The molecular weight excluding hydrogens is 389 g/mol. The molecule has 1 amide bonds. The van der Waals surface area contributed by atoms with E-state index in [1.54, 1.807) is 6.07 Å². The van der Waals surface area contributed by atoms with Gasteiger partial charge in [0.15, 0.2) is 11.7 Å². The molecule has 0 fully saturated rings. The number of aryl methyl sites for hydroxylation is 1. The number of carbonyl (C=O) groups excluding carboxylic acids is 1. The van der Waals surface area contributed by atoms with Gasteiger partial charge in [-0.05, 0) is 66.5 Å². The van der Waals surface area contributed by atoms with Crippen molar-refractivity contribution in [3.63, 3.8) is 0 Å². The van der Waals surface area contributed by atoms with Crippen molar-refractivity contribution in [3.8, 4) is 5.75 Å². The summed E-state index contributed by atoms with van der Waals surface area (Å²) in [7, 11) is 0. The smallest absolute Gasteiger partial charge is 0.416 e. The molecule has 0 unspecified atom stereocenters. The molecule has 0 saturated carbocycles. The van der Waals surface area contributed by atoms with E-state index in [2.05, 4.69) is 24.5 Å². The number of rotatable bonds is 5. The first kappa shape index (κ1) is 21.7. The van der Waals surface area contributed by atoms with Crippen molar-refractivity contribution in [1.82, 2.24) is 5.32 Å². The summed E-state index contributed by atoms with van der Waals surface area (Å²) in [5.74, 6) is 0.417. The van der Waals surface area contributed by atoms with E-state index < -0.39 is 17.6 Å². The predicted octanol–water partition coefficient (Wildman–Crippen LogP) is 5.03. The molecule has 0 spiro atoms. The van der Waals surface area contributed by atoms with E-state index in [-0.39, 0.29) is 17.4 Å². The Balaban J connectivity index is 1.88. The Morgan fingerprint density at radius 1 is 1.18 bits per heavy atom. The molecule has 2 aromatic rings. The van der Waals surface area contributed by atoms with Crippen molar-refractivity contribution >= 4 is 28.9 Å². The number of alkyl halides is 3. The summed E-state index contributed by atoms with van der Waals surface area (Å²) < 4.78 is 43.6. The topological polar surface area (TPSA) is 50.4 Å². The second-order valence-electron chi connectivity index (χ2n) is 6.54. The highest BCUT2D eigenvalue weighted by atomic mass is 32.1. The molecule has 2 N–H and O–H groups in total. The summed E-state index contributed by atoms with van der Waals surface area (Å²) in [6.07, 6.45) is -4.46. The minimum absolute atomic E-state index is 0.112. The number of hydrogen-bond acceptors (Lipinski definition) is 3. The highest BCUT2D eigenvalue weighted by molar-refractivity contribution is 7.80. The van der Waals surface area contributed by atoms with Gasteiger partial charge in [-0.1, -0.05) is 26.0 Å². The summed E-state index contributed by atoms with van der Waals surface area (Å²) >= 11 is 4.97. The fourth-order valence-corrected chi connectivity index (χ4v) is 2.86. The highest BCUT2D eigenvalue weighted by Crippen LogP contribution is 2.30. The minimum Gasteiger partial charge on any atom is -0.484 e. The van der Waals surface area contributed by atoms with Gasteiger partial charge in [-0.15, -0.1) is 0 Å². The lowest BCUT2D eigenvalue weighted by molar-refractivity contribution is -0.137. The lowest BCUT2D eigenvalue weighted by Gasteiger charge is -2.14. The molecule has 0 aliphatic heterocycles. The number of halogens is 3. The van der Waals surface area contributed by atoms with Crippen LogP contribution < -0.4 is 15.4 Å². The molecule has 0 aromatic heterocycles. The number of anilines is 1. The van der Waals surface area contributed by atoms with Gasteiger partial charge in [0.1, 0.15) is 5.75 Å². The van der Waals surface area contributed by atoms with Crippen LogP contribution in [0.2, 0.25) is 0 Å². The zero-order chi connectivity index (χ0) is 20.9. The molecule has 0 aliphatic rings. The third-order valence-corrected chi connectivity index (χ3v) is 4.14. The van der Waals surface area contributed by atoms with Crippen LogP contribution >= 0.6 is 12.2 Å². The van der Waals surface area contributed by atoms with Crippen LogP contribution in [-0.4, -0.2) is 17.6 Å². The van der Waals surface area contributed by atoms with E-state index in [1.165, 1.54) is 17.7 Å². The van der Waals surface area contributed by atoms with Crippen LogP contribution in [0.4, 0.5) is 18.9 Å². The Labute approximate surface area is 167 Å². The van der Waals surface area contributed by atoms with Crippen molar-refractivity contribution in [2.24, 2.45) is 0 Å². The van der Waals surface area contributed by atoms with Gasteiger partial charge in [0.25, 0.3) is 5.91 Å². The fourth-order valence-electron chi connectivity index (χ4n) is 2.63. The monoisotopic (exact) mass is 410 g/mol. The minimum atomic E-state index is -4.46. The van der Waals surface area contributed by atoms with E-state index in [0.717, 1.165) is 17.7 Å². The number of carbonyl (C=O) groups is 1. The lowest BCUT2D eigenvalue weighted by Crippen LogP contribution is -2.37. The number of amides is 1. The summed E-state index contributed by atoms with van der Waals surface area (Å²) in [5.41, 5.74) is 1.58. The first-order valence-corrected chi connectivity index (χ1v) is 8.98. The number of nitrogens with one attached hydrogen (secondary N) is 2. The molecule has 0 atom stereocenters. The van der Waals surface area contributed by atoms with Gasteiger partial charge in [-0.3, -0.25) is 10.1 Å². The third-order valence-electron chi connectivity index (χ3n) is 3.93. The van der Waals surface area contributed by atoms with Gasteiger partial charge in [0.2, 0.25) is 0 Å². The molecule has 8 heteroatoms. The SMILES string of the molecule is Cc1cc(OCC(=O)NC(=S)Nc2cccc(C(F)(F)F)c2)ccc1C(C)C. The maximum Gasteiger partial charge on any atom is 0.416 e. The molecule has 2 aromatic carbocycles. The van der Waals surface area contributed by atoms with Gasteiger partial charge in [-0.2, -0.15) is 13.2 Å². The number of hydrogen-bond donors (Lipinski definition) is 2. The predicted molar refractivity (Wildman–Crippen MR) is 107 cm³/mol. The van der Waals surface area contributed by atoms with Crippen LogP contribution in [0.25, 0.3) is 0 Å². The third kappa shape index (κ3) is 6.23. The van der Waals surface area contributed by atoms with E-state index >= 15 is 0 Å². The Morgan fingerprint density at radius 2 is 1.89 bits per heavy atom. The van der Waals surface area contributed by atoms with Crippen molar-refractivity contribution in [2.45, 2.75) is 32.9 Å². The van der Waals surface area contributed by atoms with Crippen LogP contribution in [0, 0.1) is 6.92 Å². The number of thiocarbonyl (C=S) groups is 1. The highest BCUT2D eigenvalue weighted by Gasteiger charge is 2.30. The van der Waals surface area contributed by atoms with E-state index in [0.29, 0.717) is 11.7 Å². The molecule has 0 heterocycles. The summed E-state index contributed by atoms with van der Waals surface area (Å²) in [4.78, 5) is 12.0. The van der Waals surface area contributed by atoms with Crippen LogP contribution in [0.5, 0.6) is 5.75 Å². The van der Waals surface area contributed by atoms with Gasteiger partial charge in [0, 0.05) is 5.69 Å². The van der Waals surface area contributed by atoms with Crippen LogP contribution in [0.1, 0.15) is 36.5 Å². The molecule has 4 nitrogen and oxygen atoms in total. The molecule has 28 heavy (non-hydrogen) atoms. The van der Waals surface area contributed by atoms with Gasteiger partial charge < -0.3 is 10.1 Å².